The van der Waals surface area contributed by atoms with Crippen molar-refractivity contribution in [3.63, 3.8) is 0 Å². The number of Topliss-reactive ketones (excluding diaryl/α,β-unsaturated/α-hetero) is 1. The highest BCUT2D eigenvalue weighted by Gasteiger charge is 2.82. The van der Waals surface area contributed by atoms with E-state index in [1.54, 1.807) is 12.2 Å². The van der Waals surface area contributed by atoms with Crippen LogP contribution in [0.15, 0.2) is 23.4 Å². The molecule has 1 spiro atoms. The molecule has 2 bridgehead atoms. The second kappa shape index (κ2) is 6.41. The average molecular weight is 492 g/mol. The smallest absolute Gasteiger partial charge is 0.313 e. The van der Waals surface area contributed by atoms with Gasteiger partial charge in [0.2, 0.25) is 5.70 Å². The summed E-state index contributed by atoms with van der Waals surface area (Å²) < 4.78 is 6.41. The first-order valence-corrected chi connectivity index (χ1v) is 13.4. The van der Waals surface area contributed by atoms with Crippen LogP contribution < -0.4 is 0 Å². The highest BCUT2D eigenvalue weighted by molar-refractivity contribution is 6.06. The van der Waals surface area contributed by atoms with Gasteiger partial charge in [0.15, 0.2) is 17.2 Å². The molecule has 6 aliphatic rings. The number of ketones is 2. The number of carbonyl (C=O) groups is 3. The minimum atomic E-state index is -1.68. The Labute approximate surface area is 213 Å². The monoisotopic (exact) mass is 491 g/mol. The molecule has 1 N–H and O–H groups in total. The molecule has 0 aromatic rings. The van der Waals surface area contributed by atoms with Gasteiger partial charge < -0.3 is 14.6 Å². The van der Waals surface area contributed by atoms with E-state index in [1.165, 1.54) is 6.92 Å². The van der Waals surface area contributed by atoms with Crippen molar-refractivity contribution in [2.75, 3.05) is 0 Å². The van der Waals surface area contributed by atoms with E-state index in [1.807, 2.05) is 6.92 Å². The minimum absolute atomic E-state index is 0.0257. The molecule has 36 heavy (non-hydrogen) atoms. The van der Waals surface area contributed by atoms with Crippen LogP contribution in [0.3, 0.4) is 0 Å². The molecule has 0 radical (unpaired) electrons. The highest BCUT2D eigenvalue weighted by Crippen LogP contribution is 2.78. The number of allylic oxidation sites excluding steroid dienone is 2. The summed E-state index contributed by atoms with van der Waals surface area (Å²) in [5.41, 5.74) is -4.56. The molecule has 1 heterocycles. The number of esters is 1. The molecular formula is C30H37NO5. The fourth-order valence-corrected chi connectivity index (χ4v) is 10.1. The highest BCUT2D eigenvalue weighted by atomic mass is 16.6. The first-order valence-electron chi connectivity index (χ1n) is 13.4. The Morgan fingerprint density at radius 3 is 2.31 bits per heavy atom. The van der Waals surface area contributed by atoms with E-state index in [4.69, 9.17) is 11.3 Å². The first kappa shape index (κ1) is 24.1. The number of hydrogen-bond donors (Lipinski definition) is 1. The predicted octanol–water partition coefficient (Wildman–Crippen LogP) is 4.96. The fraction of sp³-hybridized carbons (Fsp3) is 0.733. The Morgan fingerprint density at radius 2 is 1.64 bits per heavy atom. The number of nitrogens with zero attached hydrogens (tertiary/aromatic N) is 1. The normalized spacial score (nSPS) is 52.6. The van der Waals surface area contributed by atoms with Crippen LogP contribution in [0.5, 0.6) is 0 Å². The largest absolute Gasteiger partial charge is 0.449 e. The van der Waals surface area contributed by atoms with Crippen LogP contribution in [-0.4, -0.2) is 33.8 Å². The average Bonchev–Trinajstić information content (AvgIpc) is 2.98. The number of carbonyl (C=O) groups excluding carboxylic acids is 3. The summed E-state index contributed by atoms with van der Waals surface area (Å²) in [5.74, 6) is -1.47. The molecule has 0 aromatic carbocycles. The summed E-state index contributed by atoms with van der Waals surface area (Å²) in [6.45, 7) is 19.9. The van der Waals surface area contributed by atoms with Crippen LogP contribution >= 0.6 is 0 Å². The van der Waals surface area contributed by atoms with Gasteiger partial charge in [0, 0.05) is 22.7 Å². The van der Waals surface area contributed by atoms with Gasteiger partial charge in [0.25, 0.3) is 0 Å². The molecule has 192 valence electrons. The van der Waals surface area contributed by atoms with Crippen molar-refractivity contribution in [3.05, 3.63) is 34.8 Å². The predicted molar refractivity (Wildman–Crippen MR) is 132 cm³/mol. The van der Waals surface area contributed by atoms with Gasteiger partial charge in [-0.25, -0.2) is 4.85 Å². The Morgan fingerprint density at radius 1 is 0.972 bits per heavy atom. The Kier molecular flexibility index (Phi) is 4.29. The maximum Gasteiger partial charge on any atom is 0.313 e. The number of aliphatic hydroxyl groups is 1. The lowest BCUT2D eigenvalue weighted by atomic mass is 9.34. The SMILES string of the molecule is [C-]#[N+]C1=C[C@]2(C)C3=CC(=O)[C@]45OC(=O)[C@@]6(CCC(C)(C)C[C@H]64)CC[C@@]5(C)[C@]3(C)CC[C@H]2[C@](C)(O)C1=O. The molecule has 5 aliphatic carbocycles. The number of rotatable bonds is 0. The van der Waals surface area contributed by atoms with E-state index in [-0.39, 0.29) is 28.8 Å². The van der Waals surface area contributed by atoms with Crippen molar-refractivity contribution < 1.29 is 24.2 Å². The third-order valence-corrected chi connectivity index (χ3v) is 12.3. The van der Waals surface area contributed by atoms with Crippen molar-refractivity contribution in [3.8, 4) is 0 Å². The molecule has 4 fully saturated rings. The molecule has 6 heteroatoms. The van der Waals surface area contributed by atoms with Crippen LogP contribution in [0.4, 0.5) is 0 Å². The van der Waals surface area contributed by atoms with Crippen LogP contribution in [0.25, 0.3) is 4.85 Å². The third kappa shape index (κ3) is 2.28. The molecule has 6 nitrogen and oxygen atoms in total. The first-order chi connectivity index (χ1) is 16.6. The lowest BCUT2D eigenvalue weighted by Gasteiger charge is -2.68. The summed E-state index contributed by atoms with van der Waals surface area (Å²) in [6.07, 6.45) is 8.61. The van der Waals surface area contributed by atoms with Crippen molar-refractivity contribution >= 4 is 17.5 Å². The summed E-state index contributed by atoms with van der Waals surface area (Å²) in [7, 11) is 0. The summed E-state index contributed by atoms with van der Waals surface area (Å²) in [5, 5.41) is 11.4. The van der Waals surface area contributed by atoms with Gasteiger partial charge in [-0.1, -0.05) is 46.3 Å². The fourth-order valence-electron chi connectivity index (χ4n) is 10.1. The van der Waals surface area contributed by atoms with Gasteiger partial charge >= 0.3 is 5.97 Å². The van der Waals surface area contributed by atoms with Crippen molar-refractivity contribution in [2.24, 2.45) is 38.9 Å². The maximum atomic E-state index is 14.4. The zero-order chi connectivity index (χ0) is 26.3. The molecule has 8 atom stereocenters. The van der Waals surface area contributed by atoms with E-state index in [9.17, 15) is 19.5 Å². The number of fused-ring (bicyclic) bond motifs is 4. The van der Waals surface area contributed by atoms with E-state index in [2.05, 4.69) is 32.5 Å². The molecule has 0 unspecified atom stereocenters. The molecule has 3 saturated carbocycles. The second-order valence-electron chi connectivity index (χ2n) is 14.3. The topological polar surface area (TPSA) is 85.0 Å². The summed E-state index contributed by atoms with van der Waals surface area (Å²) in [4.78, 5) is 44.5. The van der Waals surface area contributed by atoms with E-state index < -0.39 is 44.6 Å². The van der Waals surface area contributed by atoms with Crippen LogP contribution in [-0.2, 0) is 19.1 Å². The van der Waals surface area contributed by atoms with Crippen LogP contribution in [0.1, 0.15) is 86.5 Å². The van der Waals surface area contributed by atoms with Gasteiger partial charge in [-0.2, -0.15) is 0 Å². The quantitative estimate of drug-likeness (QED) is 0.382. The Balaban J connectivity index is 1.60. The van der Waals surface area contributed by atoms with Gasteiger partial charge in [0.05, 0.1) is 12.0 Å². The zero-order valence-electron chi connectivity index (χ0n) is 22.3. The van der Waals surface area contributed by atoms with E-state index in [0.29, 0.717) is 19.3 Å². The third-order valence-electron chi connectivity index (χ3n) is 12.3. The number of hydrogen-bond acceptors (Lipinski definition) is 5. The standard InChI is InChI=1S/C30H37NO5/c1-24(2)10-12-29-13-11-27(5)26(4)9-8-18-25(3,15-17(31-7)22(33)28(18,6)35)19(26)14-21(32)30(27,20(29)16-24)36-23(29)34/h14-15,18,20,35H,8-13,16H2,1-6H3/t18-,20-,25+,26-,27+,28+,29+,30-/m1/s1. The second-order valence-corrected chi connectivity index (χ2v) is 14.3. The van der Waals surface area contributed by atoms with Gasteiger partial charge in [-0.3, -0.25) is 9.59 Å². The summed E-state index contributed by atoms with van der Waals surface area (Å²) in [6, 6.07) is 0. The maximum absolute atomic E-state index is 14.4. The molecule has 6 rings (SSSR count). The van der Waals surface area contributed by atoms with Gasteiger partial charge in [-0.05, 0) is 68.8 Å². The van der Waals surface area contributed by atoms with Crippen molar-refractivity contribution in [1.29, 1.82) is 0 Å². The van der Waals surface area contributed by atoms with Crippen LogP contribution in [0, 0.1) is 45.5 Å². The van der Waals surface area contributed by atoms with Gasteiger partial charge in [0.1, 0.15) is 5.60 Å². The zero-order valence-corrected chi connectivity index (χ0v) is 22.3. The molecule has 0 aromatic heterocycles. The van der Waals surface area contributed by atoms with E-state index >= 15 is 0 Å². The Bertz CT molecular complexity index is 1250. The number of ether oxygens (including phenoxy) is 1. The van der Waals surface area contributed by atoms with Gasteiger partial charge in [-0.15, -0.1) is 0 Å². The lowest BCUT2D eigenvalue weighted by Crippen LogP contribution is -2.72. The molecule has 0 amide bonds. The van der Waals surface area contributed by atoms with Crippen molar-refractivity contribution in [2.45, 2.75) is 97.7 Å². The van der Waals surface area contributed by atoms with E-state index in [0.717, 1.165) is 31.3 Å². The molecule has 1 saturated heterocycles. The Hall–Kier alpha value is -2.26. The molecule has 1 aliphatic heterocycles. The molecular weight excluding hydrogens is 454 g/mol. The minimum Gasteiger partial charge on any atom is -0.449 e. The summed E-state index contributed by atoms with van der Waals surface area (Å²) >= 11 is 0. The van der Waals surface area contributed by atoms with Crippen molar-refractivity contribution in [1.82, 2.24) is 0 Å². The lowest BCUT2D eigenvalue weighted by molar-refractivity contribution is -0.208. The van der Waals surface area contributed by atoms with Crippen LogP contribution in [0.2, 0.25) is 0 Å².